The van der Waals surface area contributed by atoms with Crippen molar-refractivity contribution in [3.05, 3.63) is 34.9 Å². The van der Waals surface area contributed by atoms with Crippen molar-refractivity contribution in [2.45, 2.75) is 0 Å². The number of benzene rings is 1. The molecule has 0 saturated carbocycles. The minimum atomic E-state index is -1.27. The number of carboxylic acids is 1. The number of rotatable bonds is 3. The molecule has 1 aliphatic rings. The van der Waals surface area contributed by atoms with E-state index in [9.17, 15) is 19.2 Å². The molecule has 1 heterocycles. The molecule has 0 fully saturated rings. The van der Waals surface area contributed by atoms with Crippen molar-refractivity contribution in [3.8, 4) is 0 Å². The molecule has 2 rings (SSSR count). The zero-order valence-corrected chi connectivity index (χ0v) is 8.54. The van der Waals surface area contributed by atoms with Gasteiger partial charge in [0, 0.05) is 5.56 Å². The van der Waals surface area contributed by atoms with Gasteiger partial charge in [-0.25, -0.2) is 0 Å². The lowest BCUT2D eigenvalue weighted by atomic mass is 10.1. The van der Waals surface area contributed by atoms with Crippen LogP contribution in [0.2, 0.25) is 0 Å². The van der Waals surface area contributed by atoms with Gasteiger partial charge in [-0.05, 0) is 12.1 Å². The van der Waals surface area contributed by atoms with Gasteiger partial charge in [-0.2, -0.15) is 0 Å². The lowest BCUT2D eigenvalue weighted by Crippen LogP contribution is -2.34. The van der Waals surface area contributed by atoms with E-state index in [-0.39, 0.29) is 16.7 Å². The molecular weight excluding hydrogens is 226 g/mol. The largest absolute Gasteiger partial charge is 0.480 e. The normalized spacial score (nSPS) is 13.8. The SMILES string of the molecule is O=Cc1ccc2c(c1)C(=O)N(CC(=O)O)C2=O. The zero-order valence-electron chi connectivity index (χ0n) is 8.54. The second kappa shape index (κ2) is 3.82. The molecule has 0 radical (unpaired) electrons. The van der Waals surface area contributed by atoms with Gasteiger partial charge in [0.15, 0.2) is 0 Å². The summed E-state index contributed by atoms with van der Waals surface area (Å²) in [7, 11) is 0. The minimum absolute atomic E-state index is 0.0702. The molecule has 6 heteroatoms. The number of aldehydes is 1. The number of carboxylic acid groups (broad SMARTS) is 1. The Labute approximate surface area is 95.5 Å². The first-order chi connectivity index (χ1) is 8.04. The van der Waals surface area contributed by atoms with E-state index in [1.54, 1.807) is 0 Å². The summed E-state index contributed by atoms with van der Waals surface area (Å²) >= 11 is 0. The standard InChI is InChI=1S/C11H7NO5/c13-5-6-1-2-7-8(3-6)11(17)12(10(7)16)4-9(14)15/h1-3,5H,4H2,(H,14,15). The fraction of sp³-hybridized carbons (Fsp3) is 0.0909. The number of nitrogens with zero attached hydrogens (tertiary/aromatic N) is 1. The second-order valence-electron chi connectivity index (χ2n) is 3.51. The second-order valence-corrected chi connectivity index (χ2v) is 3.51. The van der Waals surface area contributed by atoms with Gasteiger partial charge in [-0.1, -0.05) is 6.07 Å². The molecule has 0 aliphatic carbocycles. The van der Waals surface area contributed by atoms with Gasteiger partial charge < -0.3 is 5.11 Å². The van der Waals surface area contributed by atoms with Gasteiger partial charge in [0.05, 0.1) is 11.1 Å². The summed E-state index contributed by atoms with van der Waals surface area (Å²) in [5, 5.41) is 8.59. The maximum Gasteiger partial charge on any atom is 0.323 e. The van der Waals surface area contributed by atoms with Crippen molar-refractivity contribution in [2.75, 3.05) is 6.54 Å². The highest BCUT2D eigenvalue weighted by molar-refractivity contribution is 6.22. The van der Waals surface area contributed by atoms with Crippen LogP contribution < -0.4 is 0 Å². The monoisotopic (exact) mass is 233 g/mol. The summed E-state index contributed by atoms with van der Waals surface area (Å²) in [5.41, 5.74) is 0.463. The number of carbonyl (C=O) groups is 4. The maximum atomic E-state index is 11.7. The third-order valence-electron chi connectivity index (χ3n) is 2.42. The van der Waals surface area contributed by atoms with Crippen LogP contribution in [0.15, 0.2) is 18.2 Å². The Morgan fingerprint density at radius 1 is 1.24 bits per heavy atom. The summed E-state index contributed by atoms with van der Waals surface area (Å²) < 4.78 is 0. The molecule has 2 amide bonds. The highest BCUT2D eigenvalue weighted by atomic mass is 16.4. The zero-order chi connectivity index (χ0) is 12.6. The van der Waals surface area contributed by atoms with Crippen molar-refractivity contribution in [1.29, 1.82) is 0 Å². The average molecular weight is 233 g/mol. The predicted molar refractivity (Wildman–Crippen MR) is 54.8 cm³/mol. The van der Waals surface area contributed by atoms with Crippen molar-refractivity contribution in [1.82, 2.24) is 4.90 Å². The van der Waals surface area contributed by atoms with Crippen LogP contribution >= 0.6 is 0 Å². The van der Waals surface area contributed by atoms with E-state index in [1.807, 2.05) is 0 Å². The number of amides is 2. The molecule has 0 spiro atoms. The van der Waals surface area contributed by atoms with Crippen LogP contribution in [0, 0.1) is 0 Å². The van der Waals surface area contributed by atoms with Crippen LogP contribution in [0.1, 0.15) is 31.1 Å². The predicted octanol–water partition coefficient (Wildman–Crippen LogP) is 0.180. The maximum absolute atomic E-state index is 11.7. The van der Waals surface area contributed by atoms with Gasteiger partial charge in [0.1, 0.15) is 12.8 Å². The molecular formula is C11H7NO5. The summed E-state index contributed by atoms with van der Waals surface area (Å²) in [6.07, 6.45) is 0.553. The van der Waals surface area contributed by atoms with Gasteiger partial charge in [0.25, 0.3) is 11.8 Å². The highest BCUT2D eigenvalue weighted by Crippen LogP contribution is 2.23. The lowest BCUT2D eigenvalue weighted by Gasteiger charge is -2.09. The van der Waals surface area contributed by atoms with E-state index in [0.29, 0.717) is 11.2 Å². The molecule has 86 valence electrons. The molecule has 0 bridgehead atoms. The van der Waals surface area contributed by atoms with Crippen LogP contribution in [0.3, 0.4) is 0 Å². The number of hydrogen-bond donors (Lipinski definition) is 1. The summed E-state index contributed by atoms with van der Waals surface area (Å²) in [4.78, 5) is 45.1. The summed E-state index contributed by atoms with van der Waals surface area (Å²) in [5.74, 6) is -2.60. The molecule has 1 N–H and O–H groups in total. The number of carbonyl (C=O) groups excluding carboxylic acids is 3. The Morgan fingerprint density at radius 3 is 2.47 bits per heavy atom. The number of aliphatic carboxylic acids is 1. The van der Waals surface area contributed by atoms with E-state index >= 15 is 0 Å². The van der Waals surface area contributed by atoms with Crippen LogP contribution in [0.25, 0.3) is 0 Å². The van der Waals surface area contributed by atoms with Crippen molar-refractivity contribution in [2.24, 2.45) is 0 Å². The highest BCUT2D eigenvalue weighted by Gasteiger charge is 2.36. The molecule has 0 aromatic heterocycles. The average Bonchev–Trinajstić information content (AvgIpc) is 2.53. The molecule has 1 aromatic rings. The number of fused-ring (bicyclic) bond motifs is 1. The fourth-order valence-corrected chi connectivity index (χ4v) is 1.66. The van der Waals surface area contributed by atoms with Crippen molar-refractivity contribution in [3.63, 3.8) is 0 Å². The van der Waals surface area contributed by atoms with Crippen LogP contribution in [-0.2, 0) is 4.79 Å². The Kier molecular flexibility index (Phi) is 2.47. The third kappa shape index (κ3) is 1.69. The van der Waals surface area contributed by atoms with Gasteiger partial charge in [-0.3, -0.25) is 24.1 Å². The van der Waals surface area contributed by atoms with Crippen LogP contribution in [0.4, 0.5) is 0 Å². The Hall–Kier alpha value is -2.50. The summed E-state index contributed by atoms with van der Waals surface area (Å²) in [6, 6.07) is 4.03. The van der Waals surface area contributed by atoms with Crippen LogP contribution in [0.5, 0.6) is 0 Å². The van der Waals surface area contributed by atoms with E-state index in [1.165, 1.54) is 18.2 Å². The molecule has 1 aliphatic heterocycles. The van der Waals surface area contributed by atoms with Crippen molar-refractivity contribution < 1.29 is 24.3 Å². The van der Waals surface area contributed by atoms with Crippen LogP contribution in [-0.4, -0.2) is 40.6 Å². The number of imide groups is 1. The summed E-state index contributed by atoms with van der Waals surface area (Å²) in [6.45, 7) is -0.678. The molecule has 1 aromatic carbocycles. The van der Waals surface area contributed by atoms with Gasteiger partial charge in [-0.15, -0.1) is 0 Å². The Morgan fingerprint density at radius 2 is 1.88 bits per heavy atom. The minimum Gasteiger partial charge on any atom is -0.480 e. The van der Waals surface area contributed by atoms with E-state index in [4.69, 9.17) is 5.11 Å². The smallest absolute Gasteiger partial charge is 0.323 e. The number of hydrogen-bond acceptors (Lipinski definition) is 4. The first-order valence-corrected chi connectivity index (χ1v) is 4.72. The van der Waals surface area contributed by atoms with Gasteiger partial charge in [0.2, 0.25) is 0 Å². The van der Waals surface area contributed by atoms with Crippen molar-refractivity contribution >= 4 is 24.1 Å². The lowest BCUT2D eigenvalue weighted by molar-refractivity contribution is -0.137. The van der Waals surface area contributed by atoms with E-state index < -0.39 is 24.3 Å². The first kappa shape index (κ1) is 11.0. The topological polar surface area (TPSA) is 91.8 Å². The van der Waals surface area contributed by atoms with Gasteiger partial charge >= 0.3 is 5.97 Å². The fourth-order valence-electron chi connectivity index (χ4n) is 1.66. The van der Waals surface area contributed by atoms with E-state index in [2.05, 4.69) is 0 Å². The third-order valence-corrected chi connectivity index (χ3v) is 2.42. The molecule has 0 unspecified atom stereocenters. The molecule has 0 saturated heterocycles. The Balaban J connectivity index is 2.45. The first-order valence-electron chi connectivity index (χ1n) is 4.72. The molecule has 0 atom stereocenters. The molecule has 17 heavy (non-hydrogen) atoms. The quantitative estimate of drug-likeness (QED) is 0.593. The molecule has 6 nitrogen and oxygen atoms in total. The van der Waals surface area contributed by atoms with E-state index in [0.717, 1.165) is 0 Å². The Bertz CT molecular complexity index is 549.